The first-order chi connectivity index (χ1) is 10.5. The van der Waals surface area contributed by atoms with Gasteiger partial charge in [0.25, 0.3) is 0 Å². The molecule has 2 heterocycles. The predicted molar refractivity (Wildman–Crippen MR) is 80.5 cm³/mol. The van der Waals surface area contributed by atoms with Gasteiger partial charge in [-0.2, -0.15) is 4.98 Å². The van der Waals surface area contributed by atoms with E-state index in [1.807, 2.05) is 13.8 Å². The summed E-state index contributed by atoms with van der Waals surface area (Å²) in [4.78, 5) is 12.9. The maximum atomic E-state index is 10.2. The fourth-order valence-corrected chi connectivity index (χ4v) is 2.84. The molecule has 2 aromatic rings. The molecule has 0 amide bonds. The van der Waals surface area contributed by atoms with Gasteiger partial charge in [-0.05, 0) is 39.2 Å². The van der Waals surface area contributed by atoms with Gasteiger partial charge in [-0.25, -0.2) is 9.97 Å². The zero-order chi connectivity index (χ0) is 15.7. The minimum absolute atomic E-state index is 0.127. The molecule has 7 nitrogen and oxygen atoms in total. The number of hydrogen-bond donors (Lipinski definition) is 2. The van der Waals surface area contributed by atoms with Crippen molar-refractivity contribution in [1.82, 2.24) is 20.1 Å². The normalized spacial score (nSPS) is 24.6. The lowest BCUT2D eigenvalue weighted by atomic mass is 10.0. The largest absolute Gasteiger partial charge is 0.393 e. The van der Waals surface area contributed by atoms with E-state index in [9.17, 15) is 5.11 Å². The van der Waals surface area contributed by atoms with Crippen molar-refractivity contribution in [2.45, 2.75) is 45.6 Å². The summed E-state index contributed by atoms with van der Waals surface area (Å²) in [6.07, 6.45) is 2.90. The maximum Gasteiger partial charge on any atom is 0.229 e. The summed E-state index contributed by atoms with van der Waals surface area (Å²) in [5.41, 5.74) is 2.03. The Balaban J connectivity index is 1.60. The van der Waals surface area contributed by atoms with Gasteiger partial charge in [-0.15, -0.1) is 0 Å². The number of nitrogens with zero attached hydrogens (tertiary/aromatic N) is 4. The maximum absolute atomic E-state index is 10.2. The van der Waals surface area contributed by atoms with Crippen LogP contribution in [0.1, 0.15) is 41.7 Å². The van der Waals surface area contributed by atoms with E-state index in [0.29, 0.717) is 30.6 Å². The van der Waals surface area contributed by atoms with Crippen molar-refractivity contribution in [3.8, 4) is 0 Å². The average Bonchev–Trinajstić information content (AvgIpc) is 3.06. The van der Waals surface area contributed by atoms with Crippen LogP contribution in [-0.4, -0.2) is 37.9 Å². The highest BCUT2D eigenvalue weighted by Gasteiger charge is 2.36. The molecule has 0 unspecified atom stereocenters. The summed E-state index contributed by atoms with van der Waals surface area (Å²) in [5.74, 6) is 2.12. The van der Waals surface area contributed by atoms with Crippen molar-refractivity contribution in [2.24, 2.45) is 5.92 Å². The second-order valence-electron chi connectivity index (χ2n) is 6.02. The summed E-state index contributed by atoms with van der Waals surface area (Å²) in [6.45, 7) is 6.37. The Morgan fingerprint density at radius 3 is 2.77 bits per heavy atom. The second kappa shape index (κ2) is 6.00. The van der Waals surface area contributed by atoms with E-state index < -0.39 is 0 Å². The second-order valence-corrected chi connectivity index (χ2v) is 6.02. The van der Waals surface area contributed by atoms with Crippen LogP contribution in [0.15, 0.2) is 10.7 Å². The first kappa shape index (κ1) is 14.9. The average molecular weight is 303 g/mol. The summed E-state index contributed by atoms with van der Waals surface area (Å²) in [7, 11) is 0. The summed E-state index contributed by atoms with van der Waals surface area (Å²) >= 11 is 0. The van der Waals surface area contributed by atoms with Crippen LogP contribution in [0.4, 0.5) is 5.95 Å². The molecule has 1 aliphatic rings. The van der Waals surface area contributed by atoms with Crippen LogP contribution in [-0.2, 0) is 0 Å². The minimum Gasteiger partial charge on any atom is -0.393 e. The van der Waals surface area contributed by atoms with Crippen LogP contribution >= 0.6 is 0 Å². The third-order valence-electron chi connectivity index (χ3n) is 4.30. The quantitative estimate of drug-likeness (QED) is 0.888. The Labute approximate surface area is 129 Å². The van der Waals surface area contributed by atoms with Crippen LogP contribution in [0.25, 0.3) is 0 Å². The zero-order valence-corrected chi connectivity index (χ0v) is 13.1. The van der Waals surface area contributed by atoms with Crippen LogP contribution in [0, 0.1) is 26.7 Å². The highest BCUT2D eigenvalue weighted by Crippen LogP contribution is 2.37. The van der Waals surface area contributed by atoms with E-state index in [1.54, 1.807) is 13.1 Å². The van der Waals surface area contributed by atoms with Crippen molar-refractivity contribution >= 4 is 5.95 Å². The summed E-state index contributed by atoms with van der Waals surface area (Å²) < 4.78 is 5.22. The van der Waals surface area contributed by atoms with Gasteiger partial charge >= 0.3 is 0 Å². The van der Waals surface area contributed by atoms with E-state index in [1.165, 1.54) is 0 Å². The molecular formula is C15H21N5O2. The molecule has 0 spiro atoms. The fourth-order valence-electron chi connectivity index (χ4n) is 2.84. The third kappa shape index (κ3) is 3.09. The molecule has 2 aromatic heterocycles. The Morgan fingerprint density at radius 1 is 1.27 bits per heavy atom. The number of rotatable bonds is 4. The van der Waals surface area contributed by atoms with Crippen LogP contribution in [0.3, 0.4) is 0 Å². The number of aliphatic hydroxyl groups excluding tert-OH is 1. The fraction of sp³-hybridized carbons (Fsp3) is 0.600. The van der Waals surface area contributed by atoms with E-state index in [4.69, 9.17) is 4.52 Å². The Kier molecular flexibility index (Phi) is 4.06. The van der Waals surface area contributed by atoms with Gasteiger partial charge in [0.1, 0.15) is 0 Å². The molecule has 0 saturated heterocycles. The molecule has 0 aromatic carbocycles. The van der Waals surface area contributed by atoms with Crippen molar-refractivity contribution in [3.05, 3.63) is 29.2 Å². The van der Waals surface area contributed by atoms with Crippen LogP contribution in [0.5, 0.6) is 0 Å². The molecule has 2 N–H and O–H groups in total. The molecule has 0 radical (unpaired) electrons. The number of anilines is 1. The van der Waals surface area contributed by atoms with Crippen molar-refractivity contribution < 1.29 is 9.63 Å². The van der Waals surface area contributed by atoms with Gasteiger partial charge in [0.2, 0.25) is 11.8 Å². The molecule has 22 heavy (non-hydrogen) atoms. The van der Waals surface area contributed by atoms with Gasteiger partial charge in [0, 0.05) is 30.3 Å². The molecule has 1 fully saturated rings. The first-order valence-electron chi connectivity index (χ1n) is 7.55. The number of hydrogen-bond acceptors (Lipinski definition) is 7. The smallest absolute Gasteiger partial charge is 0.229 e. The highest BCUT2D eigenvalue weighted by molar-refractivity contribution is 5.28. The lowest BCUT2D eigenvalue weighted by molar-refractivity contribution is 0.137. The Morgan fingerprint density at radius 2 is 2.09 bits per heavy atom. The van der Waals surface area contributed by atoms with Gasteiger partial charge in [-0.1, -0.05) is 5.16 Å². The molecule has 1 aliphatic carbocycles. The number of aryl methyl sites for hydroxylation is 3. The van der Waals surface area contributed by atoms with Crippen molar-refractivity contribution in [3.63, 3.8) is 0 Å². The van der Waals surface area contributed by atoms with Crippen molar-refractivity contribution in [1.29, 1.82) is 0 Å². The number of aromatic nitrogens is 4. The predicted octanol–water partition coefficient (Wildman–Crippen LogP) is 1.75. The van der Waals surface area contributed by atoms with E-state index >= 15 is 0 Å². The molecule has 118 valence electrons. The number of aliphatic hydroxyl groups is 1. The SMILES string of the molecule is Cc1noc([C@H]2C[C@H](CNc3ncc(C)c(C)n3)[C@H](O)C2)n1. The molecule has 7 heteroatoms. The lowest BCUT2D eigenvalue weighted by Gasteiger charge is -2.15. The summed E-state index contributed by atoms with van der Waals surface area (Å²) in [6, 6.07) is 0. The standard InChI is InChI=1S/C15H21N5O2/c1-8-6-16-15(18-9(8)2)17-7-12-4-11(5-13(12)21)14-19-10(3)20-22-14/h6,11-13,21H,4-5,7H2,1-3H3,(H,16,17,18)/t11-,12+,13+/m0/s1. The van der Waals surface area contributed by atoms with Crippen LogP contribution < -0.4 is 5.32 Å². The van der Waals surface area contributed by atoms with Crippen LogP contribution in [0.2, 0.25) is 0 Å². The summed E-state index contributed by atoms with van der Waals surface area (Å²) in [5, 5.41) is 17.3. The minimum atomic E-state index is -0.378. The first-order valence-corrected chi connectivity index (χ1v) is 7.55. The zero-order valence-electron chi connectivity index (χ0n) is 13.1. The molecule has 3 atom stereocenters. The molecule has 0 aliphatic heterocycles. The molecular weight excluding hydrogens is 282 g/mol. The third-order valence-corrected chi connectivity index (χ3v) is 4.30. The van der Waals surface area contributed by atoms with Gasteiger partial charge in [-0.3, -0.25) is 0 Å². The lowest BCUT2D eigenvalue weighted by Crippen LogP contribution is -2.22. The molecule has 3 rings (SSSR count). The van der Waals surface area contributed by atoms with Gasteiger partial charge < -0.3 is 14.9 Å². The monoisotopic (exact) mass is 303 g/mol. The number of nitrogens with one attached hydrogen (secondary N) is 1. The topological polar surface area (TPSA) is 97.0 Å². The highest BCUT2D eigenvalue weighted by atomic mass is 16.5. The van der Waals surface area contributed by atoms with Gasteiger partial charge in [0.15, 0.2) is 5.82 Å². The van der Waals surface area contributed by atoms with E-state index in [0.717, 1.165) is 17.7 Å². The Bertz CT molecular complexity index is 657. The van der Waals surface area contributed by atoms with Crippen molar-refractivity contribution in [2.75, 3.05) is 11.9 Å². The molecule has 0 bridgehead atoms. The Hall–Kier alpha value is -2.02. The molecule has 1 saturated carbocycles. The van der Waals surface area contributed by atoms with E-state index in [-0.39, 0.29) is 17.9 Å². The van der Waals surface area contributed by atoms with Gasteiger partial charge in [0.05, 0.1) is 6.10 Å². The van der Waals surface area contributed by atoms with E-state index in [2.05, 4.69) is 25.4 Å².